The van der Waals surface area contributed by atoms with Crippen molar-refractivity contribution in [1.82, 2.24) is 4.98 Å². The molecule has 0 aliphatic rings. The molecule has 1 rings (SSSR count). The van der Waals surface area contributed by atoms with E-state index >= 15 is 0 Å². The normalized spacial score (nSPS) is 10.4. The van der Waals surface area contributed by atoms with Crippen molar-refractivity contribution in [2.45, 2.75) is 6.43 Å². The van der Waals surface area contributed by atoms with Crippen LogP contribution in [0.5, 0.6) is 11.5 Å². The van der Waals surface area contributed by atoms with Crippen LogP contribution in [0.4, 0.5) is 13.2 Å². The number of rotatable bonds is 3. The predicted octanol–water partition coefficient (Wildman–Crippen LogP) is 2.18. The molecule has 3 nitrogen and oxygen atoms in total. The zero-order chi connectivity index (χ0) is 10.7. The van der Waals surface area contributed by atoms with Gasteiger partial charge in [0.2, 0.25) is 5.95 Å². The minimum Gasteiger partial charge on any atom is -0.492 e. The van der Waals surface area contributed by atoms with Crippen LogP contribution in [0.3, 0.4) is 0 Å². The fourth-order valence-electron chi connectivity index (χ4n) is 1.01. The van der Waals surface area contributed by atoms with Gasteiger partial charge in [0.25, 0.3) is 6.43 Å². The van der Waals surface area contributed by atoms with E-state index in [1.165, 1.54) is 7.11 Å². The van der Waals surface area contributed by atoms with E-state index < -0.39 is 17.9 Å². The first kappa shape index (κ1) is 10.6. The summed E-state index contributed by atoms with van der Waals surface area (Å²) in [6.45, 7) is 0. The molecule has 0 saturated heterocycles. The Balaban J connectivity index is 3.35. The largest absolute Gasteiger partial charge is 0.492 e. The van der Waals surface area contributed by atoms with Crippen molar-refractivity contribution in [3.8, 4) is 11.5 Å². The SMILES string of the molecule is COc1cnc(F)c(C(F)F)c1OC. The molecule has 0 amide bonds. The molecule has 0 bridgehead atoms. The Bertz CT molecular complexity index is 331. The molecular formula is C8H8F3NO2. The molecule has 0 N–H and O–H groups in total. The zero-order valence-electron chi connectivity index (χ0n) is 7.55. The van der Waals surface area contributed by atoms with Crippen LogP contribution in [0.1, 0.15) is 12.0 Å². The van der Waals surface area contributed by atoms with Crippen LogP contribution in [0, 0.1) is 5.95 Å². The molecule has 0 spiro atoms. The molecule has 0 radical (unpaired) electrons. The minimum absolute atomic E-state index is 0.0239. The highest BCUT2D eigenvalue weighted by molar-refractivity contribution is 5.45. The summed E-state index contributed by atoms with van der Waals surface area (Å²) in [7, 11) is 2.41. The van der Waals surface area contributed by atoms with E-state index in [2.05, 4.69) is 9.72 Å². The molecule has 78 valence electrons. The topological polar surface area (TPSA) is 31.4 Å². The third-order valence-corrected chi connectivity index (χ3v) is 1.63. The van der Waals surface area contributed by atoms with Crippen molar-refractivity contribution >= 4 is 0 Å². The van der Waals surface area contributed by atoms with Crippen molar-refractivity contribution in [3.63, 3.8) is 0 Å². The van der Waals surface area contributed by atoms with E-state index in [-0.39, 0.29) is 11.5 Å². The maximum atomic E-state index is 12.9. The van der Waals surface area contributed by atoms with Crippen LogP contribution >= 0.6 is 0 Å². The second kappa shape index (κ2) is 4.17. The maximum absolute atomic E-state index is 12.9. The average molecular weight is 207 g/mol. The third kappa shape index (κ3) is 1.73. The molecule has 14 heavy (non-hydrogen) atoms. The van der Waals surface area contributed by atoms with Gasteiger partial charge in [0, 0.05) is 0 Å². The zero-order valence-corrected chi connectivity index (χ0v) is 7.55. The standard InChI is InChI=1S/C8H8F3NO2/c1-13-4-3-12-8(11)5(7(9)10)6(4)14-2/h3,7H,1-2H3. The lowest BCUT2D eigenvalue weighted by molar-refractivity contribution is 0.139. The van der Waals surface area contributed by atoms with Crippen LogP contribution < -0.4 is 9.47 Å². The van der Waals surface area contributed by atoms with Gasteiger partial charge >= 0.3 is 0 Å². The first-order chi connectivity index (χ1) is 6.61. The van der Waals surface area contributed by atoms with Gasteiger partial charge in [-0.1, -0.05) is 0 Å². The number of alkyl halides is 2. The van der Waals surface area contributed by atoms with Gasteiger partial charge in [0.15, 0.2) is 11.5 Å². The summed E-state index contributed by atoms with van der Waals surface area (Å²) in [6.07, 6.45) is -2.01. The monoisotopic (exact) mass is 207 g/mol. The van der Waals surface area contributed by atoms with Gasteiger partial charge in [0.1, 0.15) is 5.56 Å². The Hall–Kier alpha value is -1.46. The fraction of sp³-hybridized carbons (Fsp3) is 0.375. The summed E-state index contributed by atoms with van der Waals surface area (Å²) in [6, 6.07) is 0. The number of hydrogen-bond donors (Lipinski definition) is 0. The number of pyridine rings is 1. The Morgan fingerprint density at radius 3 is 2.36 bits per heavy atom. The molecule has 0 aliphatic carbocycles. The Morgan fingerprint density at radius 2 is 1.93 bits per heavy atom. The van der Waals surface area contributed by atoms with E-state index in [1.807, 2.05) is 0 Å². The van der Waals surface area contributed by atoms with Crippen LogP contribution in [-0.2, 0) is 0 Å². The molecule has 0 aromatic carbocycles. The van der Waals surface area contributed by atoms with Gasteiger partial charge in [-0.2, -0.15) is 4.39 Å². The molecule has 1 heterocycles. The third-order valence-electron chi connectivity index (χ3n) is 1.63. The highest BCUT2D eigenvalue weighted by atomic mass is 19.3. The Labute approximate surface area is 78.5 Å². The van der Waals surface area contributed by atoms with Gasteiger partial charge in [-0.05, 0) is 0 Å². The van der Waals surface area contributed by atoms with Gasteiger partial charge < -0.3 is 9.47 Å². The Kier molecular flexibility index (Phi) is 3.16. The molecule has 1 aromatic heterocycles. The van der Waals surface area contributed by atoms with E-state index in [9.17, 15) is 13.2 Å². The quantitative estimate of drug-likeness (QED) is 0.712. The van der Waals surface area contributed by atoms with E-state index in [1.54, 1.807) is 0 Å². The number of methoxy groups -OCH3 is 2. The van der Waals surface area contributed by atoms with Gasteiger partial charge in [-0.25, -0.2) is 13.8 Å². The smallest absolute Gasteiger partial charge is 0.271 e. The van der Waals surface area contributed by atoms with Gasteiger partial charge in [0.05, 0.1) is 20.4 Å². The summed E-state index contributed by atoms with van der Waals surface area (Å²) in [5.41, 5.74) is -0.883. The second-order valence-electron chi connectivity index (χ2n) is 2.37. The van der Waals surface area contributed by atoms with Crippen LogP contribution in [-0.4, -0.2) is 19.2 Å². The predicted molar refractivity (Wildman–Crippen MR) is 42.3 cm³/mol. The second-order valence-corrected chi connectivity index (χ2v) is 2.37. The molecule has 0 atom stereocenters. The van der Waals surface area contributed by atoms with Crippen molar-refractivity contribution in [3.05, 3.63) is 17.7 Å². The lowest BCUT2D eigenvalue weighted by atomic mass is 10.2. The molecular weight excluding hydrogens is 199 g/mol. The van der Waals surface area contributed by atoms with Crippen molar-refractivity contribution < 1.29 is 22.6 Å². The summed E-state index contributed by atoms with van der Waals surface area (Å²) >= 11 is 0. The van der Waals surface area contributed by atoms with E-state index in [0.717, 1.165) is 13.3 Å². The highest BCUT2D eigenvalue weighted by Gasteiger charge is 2.24. The average Bonchev–Trinajstić information content (AvgIpc) is 2.16. The highest BCUT2D eigenvalue weighted by Crippen LogP contribution is 2.37. The lowest BCUT2D eigenvalue weighted by Crippen LogP contribution is -2.01. The minimum atomic E-state index is -2.99. The molecule has 0 aliphatic heterocycles. The number of nitrogens with zero attached hydrogens (tertiary/aromatic N) is 1. The summed E-state index contributed by atoms with van der Waals surface area (Å²) < 4.78 is 46.9. The van der Waals surface area contributed by atoms with Crippen molar-refractivity contribution in [1.29, 1.82) is 0 Å². The first-order valence-corrected chi connectivity index (χ1v) is 3.66. The molecule has 1 aromatic rings. The van der Waals surface area contributed by atoms with Gasteiger partial charge in [-0.3, -0.25) is 0 Å². The molecule has 6 heteroatoms. The van der Waals surface area contributed by atoms with Crippen molar-refractivity contribution in [2.75, 3.05) is 14.2 Å². The van der Waals surface area contributed by atoms with E-state index in [4.69, 9.17) is 4.74 Å². The molecule has 0 unspecified atom stereocenters. The molecule has 0 saturated carbocycles. The summed E-state index contributed by atoms with van der Waals surface area (Å²) in [5, 5.41) is 0. The number of hydrogen-bond acceptors (Lipinski definition) is 3. The van der Waals surface area contributed by atoms with Crippen LogP contribution in [0.2, 0.25) is 0 Å². The van der Waals surface area contributed by atoms with Crippen LogP contribution in [0.15, 0.2) is 6.20 Å². The lowest BCUT2D eigenvalue weighted by Gasteiger charge is -2.11. The van der Waals surface area contributed by atoms with Crippen molar-refractivity contribution in [2.24, 2.45) is 0 Å². The maximum Gasteiger partial charge on any atom is 0.271 e. The van der Waals surface area contributed by atoms with Gasteiger partial charge in [-0.15, -0.1) is 0 Å². The van der Waals surface area contributed by atoms with E-state index in [0.29, 0.717) is 0 Å². The Morgan fingerprint density at radius 1 is 1.29 bits per heavy atom. The summed E-state index contributed by atoms with van der Waals surface area (Å²) in [4.78, 5) is 3.13. The number of halogens is 3. The number of ether oxygens (including phenoxy) is 2. The van der Waals surface area contributed by atoms with Crippen LogP contribution in [0.25, 0.3) is 0 Å². The summed E-state index contributed by atoms with van der Waals surface area (Å²) in [5.74, 6) is -1.60. The fourth-order valence-corrected chi connectivity index (χ4v) is 1.01. The first-order valence-electron chi connectivity index (χ1n) is 3.66. The number of aromatic nitrogens is 1. The molecule has 0 fully saturated rings.